The van der Waals surface area contributed by atoms with Crippen molar-refractivity contribution in [1.82, 2.24) is 14.8 Å². The first kappa shape index (κ1) is 25.4. The molecule has 1 fully saturated rings. The quantitative estimate of drug-likeness (QED) is 0.526. The number of anilines is 3. The molecule has 6 rings (SSSR count). The van der Waals surface area contributed by atoms with E-state index in [2.05, 4.69) is 43.4 Å². The molecule has 3 N–H and O–H groups in total. The molecule has 0 saturated heterocycles. The van der Waals surface area contributed by atoms with Gasteiger partial charge in [-0.2, -0.15) is 10.1 Å². The Kier molecular flexibility index (Phi) is 6.72. The highest BCUT2D eigenvalue weighted by Crippen LogP contribution is 2.43. The van der Waals surface area contributed by atoms with E-state index in [0.717, 1.165) is 54.3 Å². The zero-order valence-corrected chi connectivity index (χ0v) is 22.9. The van der Waals surface area contributed by atoms with Gasteiger partial charge in [0.15, 0.2) is 0 Å². The summed E-state index contributed by atoms with van der Waals surface area (Å²) in [5.74, 6) is 2.07. The largest absolute Gasteiger partial charge is 0.477 e. The summed E-state index contributed by atoms with van der Waals surface area (Å²) in [7, 11) is 3.91. The number of aryl methyl sites for hydroxylation is 2. The van der Waals surface area contributed by atoms with Crippen molar-refractivity contribution in [2.24, 2.45) is 29.6 Å². The number of fused-ring (bicyclic) bond motifs is 7. The summed E-state index contributed by atoms with van der Waals surface area (Å²) in [5, 5.41) is 7.84. The Morgan fingerprint density at radius 2 is 2.03 bits per heavy atom. The lowest BCUT2D eigenvalue weighted by molar-refractivity contribution is 0.100. The molecule has 10 nitrogen and oxygen atoms in total. The molecule has 2 aliphatic heterocycles. The third kappa shape index (κ3) is 5.08. The van der Waals surface area contributed by atoms with Crippen molar-refractivity contribution in [2.75, 3.05) is 48.4 Å². The van der Waals surface area contributed by atoms with Crippen molar-refractivity contribution >= 4 is 28.9 Å². The predicted molar refractivity (Wildman–Crippen MR) is 154 cm³/mol. The van der Waals surface area contributed by atoms with Crippen LogP contribution in [0.4, 0.5) is 17.1 Å². The molecule has 1 amide bonds. The summed E-state index contributed by atoms with van der Waals surface area (Å²) in [6.07, 6.45) is 6.19. The molecule has 3 aliphatic rings. The maximum absolute atomic E-state index is 13.6. The van der Waals surface area contributed by atoms with Crippen molar-refractivity contribution in [3.8, 4) is 17.1 Å². The van der Waals surface area contributed by atoms with Crippen LogP contribution in [0.3, 0.4) is 0 Å². The molecule has 10 heteroatoms. The van der Waals surface area contributed by atoms with E-state index in [-0.39, 0.29) is 5.91 Å². The highest BCUT2D eigenvalue weighted by molar-refractivity contribution is 6.19. The van der Waals surface area contributed by atoms with Crippen LogP contribution >= 0.6 is 0 Å². The van der Waals surface area contributed by atoms with Crippen LogP contribution in [0, 0.1) is 18.8 Å². The summed E-state index contributed by atoms with van der Waals surface area (Å²) >= 11 is 0. The highest BCUT2D eigenvalue weighted by Gasteiger charge is 2.36. The first-order chi connectivity index (χ1) is 18.9. The Morgan fingerprint density at radius 1 is 1.18 bits per heavy atom. The van der Waals surface area contributed by atoms with Gasteiger partial charge < -0.3 is 25.6 Å². The van der Waals surface area contributed by atoms with E-state index in [1.54, 1.807) is 23.0 Å². The Labute approximate surface area is 228 Å². The third-order valence-electron chi connectivity index (χ3n) is 7.91. The lowest BCUT2D eigenvalue weighted by Crippen LogP contribution is -2.36. The average molecular weight is 529 g/mol. The van der Waals surface area contributed by atoms with Crippen molar-refractivity contribution < 1.29 is 9.53 Å². The molecule has 2 bridgehead atoms. The molecule has 1 aliphatic carbocycles. The third-order valence-corrected chi connectivity index (χ3v) is 7.91. The minimum absolute atomic E-state index is 0.313. The van der Waals surface area contributed by atoms with E-state index in [4.69, 9.17) is 15.5 Å². The molecule has 1 unspecified atom stereocenters. The van der Waals surface area contributed by atoms with Gasteiger partial charge in [0.1, 0.15) is 0 Å². The van der Waals surface area contributed by atoms with Gasteiger partial charge >= 0.3 is 0 Å². The molecule has 0 spiro atoms. The smallest absolute Gasteiger partial charge is 0.280 e. The minimum Gasteiger partial charge on any atom is -0.477 e. The van der Waals surface area contributed by atoms with Crippen molar-refractivity contribution in [1.29, 1.82) is 0 Å². The Bertz CT molecular complexity index is 1430. The molecule has 39 heavy (non-hydrogen) atoms. The van der Waals surface area contributed by atoms with Gasteiger partial charge in [0.05, 0.1) is 35.4 Å². The lowest BCUT2D eigenvalue weighted by atomic mass is 9.97. The van der Waals surface area contributed by atoms with Crippen LogP contribution in [-0.4, -0.2) is 59.9 Å². The topological polar surface area (TPSA) is 114 Å². The second-order valence-corrected chi connectivity index (χ2v) is 10.8. The standard InChI is InChI=1S/C29H36N8O2/c1-18-13-21-14-25(32-18)23-16-31-36(3)28(23)39-12-4-5-20(19-6-7-19)17-37-26-15-22(35(2)11-10-30)8-9-24(26)33-29(37)34-27(21)38/h8-9,13-16,19-20H,4-7,10-12,17,30H2,1-3H3,(H,33,34,38). The fraction of sp³-hybridized carbons (Fsp3) is 0.448. The number of nitrogens with zero attached hydrogens (tertiary/aromatic N) is 6. The van der Waals surface area contributed by atoms with E-state index >= 15 is 0 Å². The number of hydrogen-bond donors (Lipinski definition) is 2. The molecule has 2 aromatic heterocycles. The van der Waals surface area contributed by atoms with E-state index in [1.807, 2.05) is 21.0 Å². The van der Waals surface area contributed by atoms with Crippen LogP contribution in [0.5, 0.6) is 5.88 Å². The van der Waals surface area contributed by atoms with Crippen LogP contribution in [0.2, 0.25) is 0 Å². The fourth-order valence-corrected chi connectivity index (χ4v) is 5.64. The number of nitrogens with two attached hydrogens (primary N) is 1. The molecule has 1 saturated carbocycles. The number of pyridine rings is 1. The lowest BCUT2D eigenvalue weighted by Gasteiger charge is -2.26. The first-order valence-corrected chi connectivity index (χ1v) is 13.8. The monoisotopic (exact) mass is 528 g/mol. The average Bonchev–Trinajstić information content (AvgIpc) is 3.62. The number of nitrogens with one attached hydrogen (secondary N) is 1. The summed E-state index contributed by atoms with van der Waals surface area (Å²) < 4.78 is 7.99. The van der Waals surface area contributed by atoms with E-state index in [1.165, 1.54) is 12.8 Å². The number of carbonyl (C=O) groups excluding carboxylic acids is 1. The van der Waals surface area contributed by atoms with Gasteiger partial charge in [-0.05, 0) is 74.8 Å². The molecule has 204 valence electrons. The molecule has 3 aromatic rings. The van der Waals surface area contributed by atoms with E-state index < -0.39 is 0 Å². The van der Waals surface area contributed by atoms with Gasteiger partial charge in [-0.15, -0.1) is 0 Å². The molecule has 4 heterocycles. The number of aromatic nitrogens is 3. The van der Waals surface area contributed by atoms with E-state index in [0.29, 0.717) is 48.1 Å². The first-order valence-electron chi connectivity index (χ1n) is 13.8. The second-order valence-electron chi connectivity index (χ2n) is 10.8. The number of hydrogen-bond acceptors (Lipinski definition) is 8. The van der Waals surface area contributed by atoms with Crippen LogP contribution in [0.1, 0.15) is 41.7 Å². The number of carbonyl (C=O) groups is 1. The number of guanidine groups is 1. The normalized spacial score (nSPS) is 20.4. The zero-order valence-electron chi connectivity index (χ0n) is 22.9. The van der Waals surface area contributed by atoms with Gasteiger partial charge in [-0.3, -0.25) is 9.78 Å². The molecular formula is C29H36N8O2. The Balaban J connectivity index is 1.42. The zero-order chi connectivity index (χ0) is 27.1. The SMILES string of the molecule is Cc1cc2cc(n1)-c1cnn(C)c1OCCCC(C1CC1)CN1/C(=N/C2=O)Nc2ccc(N(C)CCN)cc21. The number of amides is 1. The van der Waals surface area contributed by atoms with Crippen molar-refractivity contribution in [3.05, 3.63) is 47.8 Å². The number of aliphatic imine (C=N–C) groups is 1. The van der Waals surface area contributed by atoms with E-state index in [9.17, 15) is 4.79 Å². The van der Waals surface area contributed by atoms with Gasteiger partial charge in [0, 0.05) is 50.7 Å². The second kappa shape index (κ2) is 10.3. The van der Waals surface area contributed by atoms with Crippen LogP contribution in [0.25, 0.3) is 11.3 Å². The van der Waals surface area contributed by atoms with Crippen LogP contribution in [0.15, 0.2) is 41.5 Å². The molecular weight excluding hydrogens is 492 g/mol. The molecule has 1 aromatic carbocycles. The fourth-order valence-electron chi connectivity index (χ4n) is 5.64. The van der Waals surface area contributed by atoms with Gasteiger partial charge in [-0.25, -0.2) is 4.68 Å². The summed E-state index contributed by atoms with van der Waals surface area (Å²) in [6, 6.07) is 9.88. The van der Waals surface area contributed by atoms with Gasteiger partial charge in [0.2, 0.25) is 11.8 Å². The molecule has 1 atom stereocenters. The summed E-state index contributed by atoms with van der Waals surface area (Å²) in [4.78, 5) is 27.3. The highest BCUT2D eigenvalue weighted by atomic mass is 16.5. The van der Waals surface area contributed by atoms with Crippen molar-refractivity contribution in [2.45, 2.75) is 32.6 Å². The van der Waals surface area contributed by atoms with Crippen molar-refractivity contribution in [3.63, 3.8) is 0 Å². The Morgan fingerprint density at radius 3 is 2.82 bits per heavy atom. The van der Waals surface area contributed by atoms with Gasteiger partial charge in [-0.1, -0.05) is 0 Å². The van der Waals surface area contributed by atoms with Crippen LogP contribution < -0.4 is 25.6 Å². The summed E-state index contributed by atoms with van der Waals surface area (Å²) in [5.41, 5.74) is 11.5. The van der Waals surface area contributed by atoms with Crippen LogP contribution in [-0.2, 0) is 7.05 Å². The Hall–Kier alpha value is -3.92. The number of benzene rings is 1. The number of rotatable bonds is 4. The number of ether oxygens (including phenoxy) is 1. The number of likely N-dealkylation sites (N-methyl/N-ethyl adjacent to an activating group) is 1. The predicted octanol–water partition coefficient (Wildman–Crippen LogP) is 3.81. The minimum atomic E-state index is -0.313. The maximum Gasteiger partial charge on any atom is 0.280 e. The summed E-state index contributed by atoms with van der Waals surface area (Å²) in [6.45, 7) is 4.61. The molecule has 0 radical (unpaired) electrons. The van der Waals surface area contributed by atoms with Gasteiger partial charge in [0.25, 0.3) is 5.91 Å². The maximum atomic E-state index is 13.6.